The topological polar surface area (TPSA) is 12.0 Å². The van der Waals surface area contributed by atoms with E-state index >= 15 is 0 Å². The van der Waals surface area contributed by atoms with Crippen LogP contribution < -0.4 is 5.32 Å². The molecule has 0 radical (unpaired) electrons. The number of benzene rings is 2. The molecule has 0 aliphatic rings. The Hall–Kier alpha value is -1.54. The fraction of sp³-hybridized carbons (Fsp3) is 0.294. The Bertz CT molecular complexity index is 602. The van der Waals surface area contributed by atoms with Crippen molar-refractivity contribution in [3.8, 4) is 0 Å². The van der Waals surface area contributed by atoms with Crippen LogP contribution in [0.3, 0.4) is 0 Å². The quantitative estimate of drug-likeness (QED) is 0.799. The minimum absolute atomic E-state index is 0.0509. The summed E-state index contributed by atoms with van der Waals surface area (Å²) in [5, 5.41) is 3.54. The van der Waals surface area contributed by atoms with E-state index in [-0.39, 0.29) is 16.3 Å². The van der Waals surface area contributed by atoms with Crippen molar-refractivity contribution in [1.82, 2.24) is 0 Å². The van der Waals surface area contributed by atoms with Crippen LogP contribution in [0.2, 0.25) is 5.02 Å². The lowest BCUT2D eigenvalue weighted by atomic mass is 9.86. The zero-order valence-corrected chi connectivity index (χ0v) is 12.8. The number of anilines is 1. The van der Waals surface area contributed by atoms with Crippen molar-refractivity contribution >= 4 is 17.3 Å². The Balaban J connectivity index is 2.22. The smallest absolute Gasteiger partial charge is 0.142 e. The second-order valence-electron chi connectivity index (χ2n) is 5.86. The van der Waals surface area contributed by atoms with E-state index in [9.17, 15) is 4.39 Å². The molecule has 2 aromatic carbocycles. The summed E-state index contributed by atoms with van der Waals surface area (Å²) in [6.07, 6.45) is 0. The monoisotopic (exact) mass is 291 g/mol. The first-order chi connectivity index (χ1) is 9.39. The highest BCUT2D eigenvalue weighted by atomic mass is 35.5. The van der Waals surface area contributed by atoms with Crippen molar-refractivity contribution in [1.29, 1.82) is 0 Å². The van der Waals surface area contributed by atoms with Crippen molar-refractivity contribution in [2.24, 2.45) is 0 Å². The average Bonchev–Trinajstić information content (AvgIpc) is 2.40. The lowest BCUT2D eigenvalue weighted by Crippen LogP contribution is -2.14. The van der Waals surface area contributed by atoms with Crippen molar-refractivity contribution < 1.29 is 4.39 Å². The van der Waals surface area contributed by atoms with Gasteiger partial charge < -0.3 is 5.32 Å². The molecule has 3 heteroatoms. The van der Waals surface area contributed by atoms with Gasteiger partial charge in [-0.25, -0.2) is 4.39 Å². The molecule has 2 aromatic rings. The normalized spacial score (nSPS) is 11.4. The van der Waals surface area contributed by atoms with Crippen molar-refractivity contribution in [3.63, 3.8) is 0 Å². The minimum Gasteiger partial charge on any atom is -0.381 e. The highest BCUT2D eigenvalue weighted by molar-refractivity contribution is 6.31. The molecule has 20 heavy (non-hydrogen) atoms. The lowest BCUT2D eigenvalue weighted by molar-refractivity contribution is 0.591. The van der Waals surface area contributed by atoms with Crippen LogP contribution >= 0.6 is 11.6 Å². The summed E-state index contributed by atoms with van der Waals surface area (Å²) in [6, 6.07) is 13.0. The first kappa shape index (κ1) is 14.9. The van der Waals surface area contributed by atoms with E-state index in [4.69, 9.17) is 11.6 Å². The largest absolute Gasteiger partial charge is 0.381 e. The molecular formula is C17H19ClFN. The molecule has 0 saturated carbocycles. The van der Waals surface area contributed by atoms with Gasteiger partial charge in [-0.1, -0.05) is 62.7 Å². The van der Waals surface area contributed by atoms with Crippen molar-refractivity contribution in [2.75, 3.05) is 5.32 Å². The van der Waals surface area contributed by atoms with E-state index in [1.54, 1.807) is 6.07 Å². The van der Waals surface area contributed by atoms with Crippen molar-refractivity contribution in [3.05, 3.63) is 64.4 Å². The summed E-state index contributed by atoms with van der Waals surface area (Å²) in [6.45, 7) is 7.01. The van der Waals surface area contributed by atoms with E-state index in [1.807, 2.05) is 24.3 Å². The van der Waals surface area contributed by atoms with Crippen LogP contribution in [0.5, 0.6) is 0 Å². The number of nitrogens with one attached hydrogen (secondary N) is 1. The van der Waals surface area contributed by atoms with Crippen LogP contribution in [0.15, 0.2) is 42.5 Å². The van der Waals surface area contributed by atoms with Crippen LogP contribution in [0.1, 0.15) is 31.9 Å². The van der Waals surface area contributed by atoms with Crippen LogP contribution in [0.25, 0.3) is 0 Å². The van der Waals surface area contributed by atoms with Gasteiger partial charge >= 0.3 is 0 Å². The molecule has 1 N–H and O–H groups in total. The molecule has 0 atom stereocenters. The van der Waals surface area contributed by atoms with Crippen LogP contribution in [0, 0.1) is 5.82 Å². The molecule has 106 valence electrons. The second kappa shape index (κ2) is 5.84. The van der Waals surface area contributed by atoms with Gasteiger partial charge in [0.15, 0.2) is 0 Å². The average molecular weight is 292 g/mol. The SMILES string of the molecule is CC(C)(C)c1ccccc1NCc1cccc(F)c1Cl. The molecule has 0 aromatic heterocycles. The number of hydrogen-bond donors (Lipinski definition) is 1. The fourth-order valence-electron chi connectivity index (χ4n) is 2.17. The van der Waals surface area contributed by atoms with Crippen LogP contribution in [-0.2, 0) is 12.0 Å². The summed E-state index contributed by atoms with van der Waals surface area (Å²) >= 11 is 5.97. The number of hydrogen-bond acceptors (Lipinski definition) is 1. The molecule has 2 rings (SSSR count). The molecule has 0 aliphatic carbocycles. The van der Waals surface area contributed by atoms with Gasteiger partial charge in [0.1, 0.15) is 5.82 Å². The van der Waals surface area contributed by atoms with Gasteiger partial charge in [0.25, 0.3) is 0 Å². The van der Waals surface area contributed by atoms with Gasteiger partial charge in [-0.15, -0.1) is 0 Å². The zero-order chi connectivity index (χ0) is 14.8. The van der Waals surface area contributed by atoms with Crippen LogP contribution in [0.4, 0.5) is 10.1 Å². The Morgan fingerprint density at radius 3 is 2.45 bits per heavy atom. The predicted molar refractivity (Wildman–Crippen MR) is 83.9 cm³/mol. The molecule has 0 heterocycles. The Morgan fingerprint density at radius 1 is 1.05 bits per heavy atom. The molecular weight excluding hydrogens is 273 g/mol. The summed E-state index contributed by atoms with van der Waals surface area (Å²) in [5.41, 5.74) is 3.10. The molecule has 0 saturated heterocycles. The maximum absolute atomic E-state index is 13.4. The van der Waals surface area contributed by atoms with Crippen LogP contribution in [-0.4, -0.2) is 0 Å². The number of rotatable bonds is 3. The van der Waals surface area contributed by atoms with E-state index in [1.165, 1.54) is 11.6 Å². The van der Waals surface area contributed by atoms with Gasteiger partial charge in [0.2, 0.25) is 0 Å². The van der Waals surface area contributed by atoms with Crippen molar-refractivity contribution in [2.45, 2.75) is 32.7 Å². The Kier molecular flexibility index (Phi) is 4.34. The highest BCUT2D eigenvalue weighted by Crippen LogP contribution is 2.30. The van der Waals surface area contributed by atoms with E-state index < -0.39 is 0 Å². The number of para-hydroxylation sites is 1. The molecule has 0 fully saturated rings. The third-order valence-electron chi connectivity index (χ3n) is 3.24. The summed E-state index contributed by atoms with van der Waals surface area (Å²) in [5.74, 6) is -0.380. The standard InChI is InChI=1S/C17H19ClFN/c1-17(2,3)13-8-4-5-10-15(13)20-11-12-7-6-9-14(19)16(12)18/h4-10,20H,11H2,1-3H3. The van der Waals surface area contributed by atoms with E-state index in [2.05, 4.69) is 32.2 Å². The van der Waals surface area contributed by atoms with E-state index in [0.29, 0.717) is 6.54 Å². The third-order valence-corrected chi connectivity index (χ3v) is 3.66. The molecule has 0 aliphatic heterocycles. The number of halogens is 2. The second-order valence-corrected chi connectivity index (χ2v) is 6.24. The molecule has 0 unspecified atom stereocenters. The maximum atomic E-state index is 13.4. The molecule has 0 amide bonds. The van der Waals surface area contributed by atoms with Gasteiger partial charge in [-0.05, 0) is 28.7 Å². The summed E-state index contributed by atoms with van der Waals surface area (Å²) < 4.78 is 13.4. The summed E-state index contributed by atoms with van der Waals surface area (Å²) in [7, 11) is 0. The Morgan fingerprint density at radius 2 is 1.75 bits per heavy atom. The predicted octanol–water partition coefficient (Wildman–Crippen LogP) is 5.39. The van der Waals surface area contributed by atoms with E-state index in [0.717, 1.165) is 11.3 Å². The maximum Gasteiger partial charge on any atom is 0.142 e. The van der Waals surface area contributed by atoms with Gasteiger partial charge in [0, 0.05) is 12.2 Å². The summed E-state index contributed by atoms with van der Waals surface area (Å²) in [4.78, 5) is 0. The lowest BCUT2D eigenvalue weighted by Gasteiger charge is -2.23. The zero-order valence-electron chi connectivity index (χ0n) is 12.0. The first-order valence-electron chi connectivity index (χ1n) is 6.66. The van der Waals surface area contributed by atoms with Gasteiger partial charge in [-0.2, -0.15) is 0 Å². The van der Waals surface area contributed by atoms with Gasteiger partial charge in [0.05, 0.1) is 5.02 Å². The Labute approximate surface area is 124 Å². The fourth-order valence-corrected chi connectivity index (χ4v) is 2.36. The molecule has 0 spiro atoms. The molecule has 0 bridgehead atoms. The van der Waals surface area contributed by atoms with Gasteiger partial charge in [-0.3, -0.25) is 0 Å². The highest BCUT2D eigenvalue weighted by Gasteiger charge is 2.17. The third kappa shape index (κ3) is 3.31. The molecule has 1 nitrogen and oxygen atoms in total. The minimum atomic E-state index is -0.380. The first-order valence-corrected chi connectivity index (χ1v) is 7.03.